The van der Waals surface area contributed by atoms with Gasteiger partial charge >= 0.3 is 0 Å². The molecular weight excluding hydrogens is 260 g/mol. The highest BCUT2D eigenvalue weighted by Gasteiger charge is 2.21. The molecule has 1 saturated heterocycles. The van der Waals surface area contributed by atoms with E-state index >= 15 is 0 Å². The second-order valence-corrected chi connectivity index (χ2v) is 5.26. The van der Waals surface area contributed by atoms with Gasteiger partial charge in [0, 0.05) is 23.8 Å². The molecule has 0 aliphatic carbocycles. The van der Waals surface area contributed by atoms with Crippen LogP contribution in [-0.2, 0) is 4.74 Å². The summed E-state index contributed by atoms with van der Waals surface area (Å²) in [6.45, 7) is 2.72. The maximum Gasteiger partial charge on any atom is 0.251 e. The zero-order valence-corrected chi connectivity index (χ0v) is 11.7. The van der Waals surface area contributed by atoms with E-state index in [1.54, 1.807) is 24.3 Å². The number of carbonyl (C=O) groups excluding carboxylic acids is 1. The van der Waals surface area contributed by atoms with Gasteiger partial charge in [-0.05, 0) is 31.9 Å². The first kappa shape index (κ1) is 14.0. The van der Waals surface area contributed by atoms with Gasteiger partial charge in [0.25, 0.3) is 5.91 Å². The Balaban J connectivity index is 1.97. The second kappa shape index (κ2) is 6.12. The van der Waals surface area contributed by atoms with Gasteiger partial charge in [-0.1, -0.05) is 24.4 Å². The van der Waals surface area contributed by atoms with Gasteiger partial charge in [-0.3, -0.25) is 4.79 Å². The quantitative estimate of drug-likeness (QED) is 0.825. The minimum Gasteiger partial charge on any atom is -0.389 e. The van der Waals surface area contributed by atoms with Crippen LogP contribution in [0.1, 0.15) is 35.7 Å². The van der Waals surface area contributed by atoms with Crippen molar-refractivity contribution in [2.24, 2.45) is 5.73 Å². The van der Waals surface area contributed by atoms with Crippen molar-refractivity contribution in [1.29, 1.82) is 0 Å². The first-order chi connectivity index (χ1) is 9.06. The third kappa shape index (κ3) is 3.75. The molecule has 1 heterocycles. The lowest BCUT2D eigenvalue weighted by molar-refractivity contribution is 0.0136. The predicted octanol–water partition coefficient (Wildman–Crippen LogP) is 1.62. The molecule has 0 radical (unpaired) electrons. The smallest absolute Gasteiger partial charge is 0.251 e. The van der Waals surface area contributed by atoms with Gasteiger partial charge in [0.1, 0.15) is 4.99 Å². The van der Waals surface area contributed by atoms with Crippen molar-refractivity contribution in [3.63, 3.8) is 0 Å². The van der Waals surface area contributed by atoms with Crippen molar-refractivity contribution >= 4 is 23.1 Å². The van der Waals surface area contributed by atoms with E-state index in [-0.39, 0.29) is 18.1 Å². The summed E-state index contributed by atoms with van der Waals surface area (Å²) in [5.74, 6) is -0.0615. The number of thiocarbonyl (C=S) groups is 1. The topological polar surface area (TPSA) is 64.4 Å². The molecule has 0 saturated carbocycles. The molecule has 1 amide bonds. The van der Waals surface area contributed by atoms with E-state index in [1.165, 1.54) is 0 Å². The lowest BCUT2D eigenvalue weighted by Crippen LogP contribution is -2.41. The van der Waals surface area contributed by atoms with Gasteiger partial charge in [-0.15, -0.1) is 0 Å². The molecule has 1 aliphatic heterocycles. The van der Waals surface area contributed by atoms with Crippen molar-refractivity contribution in [2.75, 3.05) is 6.61 Å². The molecule has 1 aliphatic rings. The molecule has 4 nitrogen and oxygen atoms in total. The van der Waals surface area contributed by atoms with Crippen molar-refractivity contribution < 1.29 is 9.53 Å². The lowest BCUT2D eigenvalue weighted by atomic mass is 10.0. The second-order valence-electron chi connectivity index (χ2n) is 4.82. The number of nitrogens with two attached hydrogens (primary N) is 1. The Kier molecular flexibility index (Phi) is 4.50. The fourth-order valence-corrected chi connectivity index (χ4v) is 2.32. The number of benzene rings is 1. The number of rotatable bonds is 3. The number of ether oxygens (including phenoxy) is 1. The lowest BCUT2D eigenvalue weighted by Gasteiger charge is -2.27. The molecule has 102 valence electrons. The Hall–Kier alpha value is -1.46. The first-order valence-electron chi connectivity index (χ1n) is 6.38. The fraction of sp³-hybridized carbons (Fsp3) is 0.429. The summed E-state index contributed by atoms with van der Waals surface area (Å²) in [5, 5.41) is 3.03. The molecule has 0 bridgehead atoms. The maximum atomic E-state index is 12.1. The van der Waals surface area contributed by atoms with E-state index in [0.717, 1.165) is 18.4 Å². The van der Waals surface area contributed by atoms with E-state index in [4.69, 9.17) is 22.7 Å². The highest BCUT2D eigenvalue weighted by molar-refractivity contribution is 7.80. The normalized spacial score (nSPS) is 22.8. The largest absolute Gasteiger partial charge is 0.389 e. The first-order valence-corrected chi connectivity index (χ1v) is 6.79. The summed E-state index contributed by atoms with van der Waals surface area (Å²) in [5.41, 5.74) is 6.92. The minimum atomic E-state index is -0.0615. The van der Waals surface area contributed by atoms with Crippen LogP contribution in [-0.4, -0.2) is 29.6 Å². The Bertz CT molecular complexity index is 473. The number of nitrogens with one attached hydrogen (secondary N) is 1. The molecule has 0 spiro atoms. The predicted molar refractivity (Wildman–Crippen MR) is 78.2 cm³/mol. The van der Waals surface area contributed by atoms with Crippen molar-refractivity contribution in [3.05, 3.63) is 35.4 Å². The zero-order chi connectivity index (χ0) is 13.8. The summed E-state index contributed by atoms with van der Waals surface area (Å²) in [4.78, 5) is 12.4. The van der Waals surface area contributed by atoms with Gasteiger partial charge in [-0.2, -0.15) is 0 Å². The van der Waals surface area contributed by atoms with Crippen LogP contribution in [0.5, 0.6) is 0 Å². The van der Waals surface area contributed by atoms with Crippen LogP contribution < -0.4 is 11.1 Å². The van der Waals surface area contributed by atoms with Gasteiger partial charge in [0.05, 0.1) is 6.10 Å². The van der Waals surface area contributed by atoms with Crippen molar-refractivity contribution in [2.45, 2.75) is 31.9 Å². The Morgan fingerprint density at radius 1 is 1.37 bits per heavy atom. The number of carbonyl (C=O) groups is 1. The van der Waals surface area contributed by atoms with E-state index in [2.05, 4.69) is 5.32 Å². The summed E-state index contributed by atoms with van der Waals surface area (Å²) >= 11 is 4.88. The Morgan fingerprint density at radius 3 is 2.58 bits per heavy atom. The highest BCUT2D eigenvalue weighted by Crippen LogP contribution is 2.14. The van der Waals surface area contributed by atoms with Crippen LogP contribution in [0, 0.1) is 0 Å². The van der Waals surface area contributed by atoms with Crippen LogP contribution in [0.3, 0.4) is 0 Å². The third-order valence-electron chi connectivity index (χ3n) is 3.25. The summed E-state index contributed by atoms with van der Waals surface area (Å²) in [6, 6.07) is 7.21. The number of hydrogen-bond acceptors (Lipinski definition) is 3. The monoisotopic (exact) mass is 278 g/mol. The number of amides is 1. The molecule has 1 fully saturated rings. The third-order valence-corrected chi connectivity index (χ3v) is 3.49. The maximum absolute atomic E-state index is 12.1. The average molecular weight is 278 g/mol. The average Bonchev–Trinajstić information content (AvgIpc) is 2.39. The highest BCUT2D eigenvalue weighted by atomic mass is 32.1. The van der Waals surface area contributed by atoms with Gasteiger partial charge in [-0.25, -0.2) is 0 Å². The fourth-order valence-electron chi connectivity index (χ4n) is 2.18. The molecule has 2 rings (SSSR count). The van der Waals surface area contributed by atoms with Crippen molar-refractivity contribution in [1.82, 2.24) is 5.32 Å². The molecular formula is C14H18N2O2S. The number of hydrogen-bond donors (Lipinski definition) is 2. The Labute approximate surface area is 118 Å². The molecule has 0 aromatic heterocycles. The van der Waals surface area contributed by atoms with Crippen LogP contribution in [0.25, 0.3) is 0 Å². The summed E-state index contributed by atoms with van der Waals surface area (Å²) in [6.07, 6.45) is 1.92. The van der Waals surface area contributed by atoms with Gasteiger partial charge < -0.3 is 15.8 Å². The molecule has 5 heteroatoms. The van der Waals surface area contributed by atoms with Crippen molar-refractivity contribution in [3.8, 4) is 0 Å². The SMILES string of the molecule is CC1CC(NC(=O)c2ccc(C(N)=S)cc2)CCO1. The van der Waals surface area contributed by atoms with E-state index in [1.807, 2.05) is 6.92 Å². The molecule has 19 heavy (non-hydrogen) atoms. The minimum absolute atomic E-state index is 0.0615. The standard InChI is InChI=1S/C14H18N2O2S/c1-9-8-12(6-7-18-9)16-14(17)11-4-2-10(3-5-11)13(15)19/h2-5,9,12H,6-8H2,1H3,(H2,15,19)(H,16,17). The Morgan fingerprint density at radius 2 is 2.00 bits per heavy atom. The van der Waals surface area contributed by atoms with Crippen LogP contribution >= 0.6 is 12.2 Å². The van der Waals surface area contributed by atoms with Crippen LogP contribution in [0.15, 0.2) is 24.3 Å². The van der Waals surface area contributed by atoms with Crippen LogP contribution in [0.2, 0.25) is 0 Å². The van der Waals surface area contributed by atoms with E-state index in [9.17, 15) is 4.79 Å². The zero-order valence-electron chi connectivity index (χ0n) is 10.9. The molecule has 3 N–H and O–H groups in total. The van der Waals surface area contributed by atoms with E-state index < -0.39 is 0 Å². The van der Waals surface area contributed by atoms with Gasteiger partial charge in [0.15, 0.2) is 0 Å². The summed E-state index contributed by atoms with van der Waals surface area (Å²) < 4.78 is 5.46. The van der Waals surface area contributed by atoms with Gasteiger partial charge in [0.2, 0.25) is 0 Å². The molecule has 2 unspecified atom stereocenters. The molecule has 1 aromatic carbocycles. The van der Waals surface area contributed by atoms with E-state index in [0.29, 0.717) is 17.2 Å². The van der Waals surface area contributed by atoms with Crippen LogP contribution in [0.4, 0.5) is 0 Å². The molecule has 1 aromatic rings. The summed E-state index contributed by atoms with van der Waals surface area (Å²) in [7, 11) is 0. The molecule has 2 atom stereocenters.